The highest BCUT2D eigenvalue weighted by molar-refractivity contribution is 5.93. The molecule has 0 aromatic carbocycles. The number of nitriles is 1. The summed E-state index contributed by atoms with van der Waals surface area (Å²) in [5.74, 6) is -0.623. The predicted molar refractivity (Wildman–Crippen MR) is 55.9 cm³/mol. The van der Waals surface area contributed by atoms with Gasteiger partial charge in [-0.3, -0.25) is 0 Å². The number of aliphatic hydroxyl groups is 1. The van der Waals surface area contributed by atoms with Crippen molar-refractivity contribution in [1.29, 1.82) is 5.26 Å². The SMILES string of the molecule is CC(C)=C(C#N)C(=O)OCCC(C)(C)O. The summed E-state index contributed by atoms with van der Waals surface area (Å²) in [6.07, 6.45) is 0.347. The Kier molecular flexibility index (Phi) is 5.03. The molecule has 1 N–H and O–H groups in total. The topological polar surface area (TPSA) is 70.3 Å². The van der Waals surface area contributed by atoms with Crippen LogP contribution in [0.4, 0.5) is 0 Å². The van der Waals surface area contributed by atoms with E-state index in [9.17, 15) is 9.90 Å². The third-order valence-corrected chi connectivity index (χ3v) is 1.76. The number of ether oxygens (including phenoxy) is 1. The van der Waals surface area contributed by atoms with Crippen molar-refractivity contribution in [3.8, 4) is 6.07 Å². The molecule has 0 radical (unpaired) electrons. The summed E-state index contributed by atoms with van der Waals surface area (Å²) in [6, 6.07) is 1.79. The van der Waals surface area contributed by atoms with Gasteiger partial charge in [-0.15, -0.1) is 0 Å². The Morgan fingerprint density at radius 2 is 2.00 bits per heavy atom. The van der Waals surface area contributed by atoms with Crippen LogP contribution in [0.25, 0.3) is 0 Å². The number of allylic oxidation sites excluding steroid dienone is 1. The van der Waals surface area contributed by atoms with Crippen molar-refractivity contribution in [2.45, 2.75) is 39.7 Å². The van der Waals surface area contributed by atoms with Crippen molar-refractivity contribution >= 4 is 5.97 Å². The standard InChI is InChI=1S/C11H17NO3/c1-8(2)9(7-12)10(13)15-6-5-11(3,4)14/h14H,5-6H2,1-4H3. The van der Waals surface area contributed by atoms with Crippen molar-refractivity contribution in [2.75, 3.05) is 6.61 Å². The molecule has 0 atom stereocenters. The van der Waals surface area contributed by atoms with Crippen molar-refractivity contribution < 1.29 is 14.6 Å². The number of esters is 1. The van der Waals surface area contributed by atoms with Gasteiger partial charge in [0.2, 0.25) is 0 Å². The zero-order valence-corrected chi connectivity index (χ0v) is 9.63. The first kappa shape index (κ1) is 13.7. The van der Waals surface area contributed by atoms with Gasteiger partial charge in [-0.05, 0) is 27.7 Å². The van der Waals surface area contributed by atoms with Gasteiger partial charge < -0.3 is 9.84 Å². The Morgan fingerprint density at radius 1 is 1.47 bits per heavy atom. The molecule has 4 heteroatoms. The molecule has 0 aromatic heterocycles. The molecule has 84 valence electrons. The molecular formula is C11H17NO3. The van der Waals surface area contributed by atoms with Gasteiger partial charge >= 0.3 is 5.97 Å². The number of nitrogens with zero attached hydrogens (tertiary/aromatic N) is 1. The van der Waals surface area contributed by atoms with Crippen LogP contribution in [0.2, 0.25) is 0 Å². The maximum absolute atomic E-state index is 11.3. The molecule has 0 rings (SSSR count). The quantitative estimate of drug-likeness (QED) is 0.435. The van der Waals surface area contributed by atoms with Gasteiger partial charge in [-0.2, -0.15) is 5.26 Å². The lowest BCUT2D eigenvalue weighted by Crippen LogP contribution is -2.22. The van der Waals surface area contributed by atoms with E-state index in [4.69, 9.17) is 10.00 Å². The van der Waals surface area contributed by atoms with E-state index in [-0.39, 0.29) is 12.2 Å². The minimum Gasteiger partial charge on any atom is -0.461 e. The van der Waals surface area contributed by atoms with Crippen LogP contribution in [0.1, 0.15) is 34.1 Å². The Balaban J connectivity index is 4.19. The monoisotopic (exact) mass is 211 g/mol. The van der Waals surface area contributed by atoms with Crippen molar-refractivity contribution in [2.24, 2.45) is 0 Å². The smallest absolute Gasteiger partial charge is 0.348 e. The molecule has 4 nitrogen and oxygen atoms in total. The Labute approximate surface area is 90.2 Å². The maximum atomic E-state index is 11.3. The summed E-state index contributed by atoms with van der Waals surface area (Å²) in [6.45, 7) is 6.73. The van der Waals surface area contributed by atoms with Crippen LogP contribution in [0, 0.1) is 11.3 Å². The Bertz CT molecular complexity index is 301. The van der Waals surface area contributed by atoms with E-state index in [1.165, 1.54) is 0 Å². The van der Waals surface area contributed by atoms with Gasteiger partial charge in [0.1, 0.15) is 11.6 Å². The molecule has 0 aromatic rings. The second kappa shape index (κ2) is 5.52. The van der Waals surface area contributed by atoms with Crippen LogP contribution in [0.5, 0.6) is 0 Å². The first-order valence-electron chi connectivity index (χ1n) is 4.75. The van der Waals surface area contributed by atoms with Gasteiger partial charge in [0.05, 0.1) is 12.2 Å². The van der Waals surface area contributed by atoms with Gasteiger partial charge in [-0.25, -0.2) is 4.79 Å². The molecule has 0 saturated carbocycles. The average Bonchev–Trinajstić information content (AvgIpc) is 2.01. The molecule has 0 fully saturated rings. The van der Waals surface area contributed by atoms with Crippen LogP contribution in [0.15, 0.2) is 11.1 Å². The van der Waals surface area contributed by atoms with Crippen LogP contribution < -0.4 is 0 Å². The number of hydrogen-bond donors (Lipinski definition) is 1. The molecule has 0 bridgehead atoms. The number of hydrogen-bond acceptors (Lipinski definition) is 4. The zero-order valence-electron chi connectivity index (χ0n) is 9.63. The molecule has 0 saturated heterocycles. The van der Waals surface area contributed by atoms with Crippen molar-refractivity contribution in [1.82, 2.24) is 0 Å². The van der Waals surface area contributed by atoms with Gasteiger partial charge in [0, 0.05) is 6.42 Å². The zero-order chi connectivity index (χ0) is 12.1. The normalized spacial score (nSPS) is 10.4. The van der Waals surface area contributed by atoms with Crippen LogP contribution in [0.3, 0.4) is 0 Å². The minimum absolute atomic E-state index is 0.0331. The molecule has 0 aliphatic carbocycles. The Hall–Kier alpha value is -1.34. The summed E-state index contributed by atoms with van der Waals surface area (Å²) in [5, 5.41) is 18.0. The van der Waals surface area contributed by atoms with E-state index in [2.05, 4.69) is 0 Å². The van der Waals surface area contributed by atoms with Gasteiger partial charge in [-0.1, -0.05) is 5.57 Å². The molecule has 0 heterocycles. The third kappa shape index (κ3) is 5.87. The predicted octanol–water partition coefficient (Wildman–Crippen LogP) is 1.55. The summed E-state index contributed by atoms with van der Waals surface area (Å²) in [5.41, 5.74) is -0.200. The van der Waals surface area contributed by atoms with Crippen molar-refractivity contribution in [3.05, 3.63) is 11.1 Å². The average molecular weight is 211 g/mol. The Morgan fingerprint density at radius 3 is 2.33 bits per heavy atom. The van der Waals surface area contributed by atoms with Gasteiger partial charge in [0.15, 0.2) is 0 Å². The fourth-order valence-corrected chi connectivity index (χ4v) is 0.827. The van der Waals surface area contributed by atoms with Gasteiger partial charge in [0.25, 0.3) is 0 Å². The maximum Gasteiger partial charge on any atom is 0.348 e. The summed E-state index contributed by atoms with van der Waals surface area (Å²) >= 11 is 0. The second-order valence-corrected chi connectivity index (χ2v) is 4.19. The first-order chi connectivity index (χ1) is 6.78. The molecule has 0 amide bonds. The highest BCUT2D eigenvalue weighted by Crippen LogP contribution is 2.09. The van der Waals surface area contributed by atoms with Crippen LogP contribution in [-0.4, -0.2) is 23.3 Å². The second-order valence-electron chi connectivity index (χ2n) is 4.19. The summed E-state index contributed by atoms with van der Waals surface area (Å²) < 4.78 is 4.85. The van der Waals surface area contributed by atoms with E-state index in [0.717, 1.165) is 0 Å². The molecule has 0 aliphatic rings. The molecule has 0 unspecified atom stereocenters. The first-order valence-corrected chi connectivity index (χ1v) is 4.75. The lowest BCUT2D eigenvalue weighted by atomic mass is 10.1. The largest absolute Gasteiger partial charge is 0.461 e. The molecule has 0 spiro atoms. The van der Waals surface area contributed by atoms with E-state index in [1.54, 1.807) is 33.8 Å². The van der Waals surface area contributed by atoms with E-state index >= 15 is 0 Å². The summed E-state index contributed by atoms with van der Waals surface area (Å²) in [7, 11) is 0. The number of carbonyl (C=O) groups is 1. The lowest BCUT2D eigenvalue weighted by Gasteiger charge is -2.16. The molecule has 15 heavy (non-hydrogen) atoms. The van der Waals surface area contributed by atoms with Crippen LogP contribution in [-0.2, 0) is 9.53 Å². The number of rotatable bonds is 4. The fourth-order valence-electron chi connectivity index (χ4n) is 0.827. The highest BCUT2D eigenvalue weighted by atomic mass is 16.5. The van der Waals surface area contributed by atoms with E-state index in [0.29, 0.717) is 12.0 Å². The lowest BCUT2D eigenvalue weighted by molar-refractivity contribution is -0.139. The molecule has 0 aliphatic heterocycles. The fraction of sp³-hybridized carbons (Fsp3) is 0.636. The summed E-state index contributed by atoms with van der Waals surface area (Å²) in [4.78, 5) is 11.3. The minimum atomic E-state index is -0.863. The van der Waals surface area contributed by atoms with E-state index in [1.807, 2.05) is 0 Å². The molecular weight excluding hydrogens is 194 g/mol. The highest BCUT2D eigenvalue weighted by Gasteiger charge is 2.16. The van der Waals surface area contributed by atoms with E-state index < -0.39 is 11.6 Å². The van der Waals surface area contributed by atoms with Crippen LogP contribution >= 0.6 is 0 Å². The third-order valence-electron chi connectivity index (χ3n) is 1.76. The number of carbonyl (C=O) groups excluding carboxylic acids is 1. The van der Waals surface area contributed by atoms with Crippen molar-refractivity contribution in [3.63, 3.8) is 0 Å².